The lowest BCUT2D eigenvalue weighted by molar-refractivity contribution is 0.569. The summed E-state index contributed by atoms with van der Waals surface area (Å²) >= 11 is 3.77. The Morgan fingerprint density at radius 1 is 0.217 bits per heavy atom. The summed E-state index contributed by atoms with van der Waals surface area (Å²) in [6, 6.07) is 131. The largest absolute Gasteiger partial charge is 0.456 e. The minimum atomic E-state index is -0.434. The zero-order chi connectivity index (χ0) is 88.2. The lowest BCUT2D eigenvalue weighted by atomic mass is 9.33. The van der Waals surface area contributed by atoms with E-state index < -0.39 is 5.41 Å². The molecule has 0 bridgehead atoms. The van der Waals surface area contributed by atoms with E-state index in [4.69, 9.17) is 8.83 Å². The molecule has 0 aliphatic carbocycles. The molecule has 0 fully saturated rings. The first kappa shape index (κ1) is 80.0. The third-order valence-electron chi connectivity index (χ3n) is 27.6. The average molecular weight is 1700 g/mol. The van der Waals surface area contributed by atoms with Gasteiger partial charge in [0.1, 0.15) is 22.3 Å². The van der Waals surface area contributed by atoms with Gasteiger partial charge in [-0.15, -0.1) is 22.7 Å². The highest BCUT2D eigenvalue weighted by atomic mass is 32.1. The van der Waals surface area contributed by atoms with Gasteiger partial charge in [-0.2, -0.15) is 0 Å². The summed E-state index contributed by atoms with van der Waals surface area (Å²) in [5.41, 5.74) is 36.8. The molecule has 7 heteroatoms. The molecule has 4 nitrogen and oxygen atoms in total. The molecule has 0 atom stereocenters. The van der Waals surface area contributed by atoms with Crippen LogP contribution in [0.5, 0.6) is 0 Å². The highest BCUT2D eigenvalue weighted by Crippen LogP contribution is 2.60. The van der Waals surface area contributed by atoms with Crippen molar-refractivity contribution in [3.63, 3.8) is 0 Å². The molecule has 0 saturated heterocycles. The van der Waals surface area contributed by atoms with Gasteiger partial charge in [0.05, 0.1) is 11.4 Å². The van der Waals surface area contributed by atoms with E-state index in [1.54, 1.807) is 0 Å². The van der Waals surface area contributed by atoms with Gasteiger partial charge in [0.25, 0.3) is 6.71 Å². The number of nitrogens with zero attached hydrogens (tertiary/aromatic N) is 2. The normalized spacial score (nSPS) is 13.2. The van der Waals surface area contributed by atoms with E-state index in [-0.39, 0.29) is 28.4 Å². The minimum absolute atomic E-state index is 0.161. The molecule has 2 aliphatic rings. The summed E-state index contributed by atoms with van der Waals surface area (Å²) in [5, 5.41) is 9.30. The molecule has 6 heterocycles. The topological polar surface area (TPSA) is 32.8 Å². The Bertz CT molecular complexity index is 7860. The smallest absolute Gasteiger partial charge is 0.252 e. The summed E-state index contributed by atoms with van der Waals surface area (Å²) in [6.45, 7) is 35.5. The predicted molar refractivity (Wildman–Crippen MR) is 558 cm³/mol. The van der Waals surface area contributed by atoms with Gasteiger partial charge in [-0.05, 0) is 253 Å². The molecule has 21 aromatic rings. The molecule has 626 valence electrons. The Labute approximate surface area is 764 Å². The van der Waals surface area contributed by atoms with Crippen molar-refractivity contribution in [2.75, 3.05) is 9.80 Å². The van der Waals surface area contributed by atoms with Crippen molar-refractivity contribution < 1.29 is 8.83 Å². The van der Waals surface area contributed by atoms with Gasteiger partial charge in [0.2, 0.25) is 0 Å². The molecular weight excluding hydrogens is 1600 g/mol. The third kappa shape index (κ3) is 13.3. The van der Waals surface area contributed by atoms with Gasteiger partial charge >= 0.3 is 0 Å². The summed E-state index contributed by atoms with van der Waals surface area (Å²) in [7, 11) is 0. The minimum Gasteiger partial charge on any atom is -0.456 e. The first-order valence-electron chi connectivity index (χ1n) is 45.6. The number of benzene rings is 17. The van der Waals surface area contributed by atoms with Crippen molar-refractivity contribution in [3.8, 4) is 89.0 Å². The number of para-hydroxylation sites is 2. The molecule has 0 saturated carbocycles. The van der Waals surface area contributed by atoms with Gasteiger partial charge in [0, 0.05) is 107 Å². The fourth-order valence-electron chi connectivity index (χ4n) is 20.8. The summed E-state index contributed by atoms with van der Waals surface area (Å²) in [4.78, 5) is 5.60. The van der Waals surface area contributed by atoms with Crippen LogP contribution in [-0.4, -0.2) is 6.71 Å². The van der Waals surface area contributed by atoms with Crippen LogP contribution in [-0.2, 0) is 27.1 Å². The maximum atomic E-state index is 7.11. The van der Waals surface area contributed by atoms with Crippen LogP contribution in [0.25, 0.3) is 173 Å². The second kappa shape index (κ2) is 29.5. The van der Waals surface area contributed by atoms with Crippen molar-refractivity contribution >= 4 is 164 Å². The summed E-state index contributed by atoms with van der Waals surface area (Å²) in [5.74, 6) is 0. The van der Waals surface area contributed by atoms with Gasteiger partial charge in [-0.1, -0.05) is 328 Å². The molecule has 0 spiro atoms. The van der Waals surface area contributed by atoms with Crippen LogP contribution in [0, 0.1) is 0 Å². The number of hydrogen-bond acceptors (Lipinski definition) is 6. The second-order valence-corrected chi connectivity index (χ2v) is 43.3. The van der Waals surface area contributed by atoms with Gasteiger partial charge < -0.3 is 18.6 Å². The first-order chi connectivity index (χ1) is 62.1. The maximum absolute atomic E-state index is 7.11. The van der Waals surface area contributed by atoms with Crippen LogP contribution in [0.15, 0.2) is 349 Å². The molecule has 0 radical (unpaired) electrons. The maximum Gasteiger partial charge on any atom is 0.252 e. The molecule has 17 aromatic carbocycles. The van der Waals surface area contributed by atoms with E-state index in [9.17, 15) is 0 Å². The lowest BCUT2D eigenvalue weighted by Crippen LogP contribution is -2.61. The molecule has 0 amide bonds. The van der Waals surface area contributed by atoms with Crippen LogP contribution in [0.2, 0.25) is 0 Å². The number of hydrogen-bond donors (Lipinski definition) is 0. The molecule has 2 aliphatic heterocycles. The second-order valence-electron chi connectivity index (χ2n) is 41.1. The standard InChI is InChI=1S/C122H101BN2O2S2/c1-118(2,3)80-61-79(62-81(65-80)119(4,5)6)75-54-56-97-100(64-75)125(117-94(86-43-31-49-106-112(86)90-39-23-27-47-104(90)127-106)67-83(121(10,11)12)69-96(117)88-45-33-53-110-114(88)92-41-25-29-51-108(92)129-110)102-71-84(122(13,14)15)70-101-115(102)123(97)98-63-74(78-59-76(72-34-18-16-19-35-72)58-77(60-78)73-36-20-17-21-37-73)55-57-99(98)124(101)116-93(85-42-30-48-105-111(85)89-38-22-26-46-103(89)126-105)66-82(120(7,8)9)68-95(116)87-44-32-52-109-113(87)91-40-24-28-50-107(91)128-109/h16-71H,1-15H3. The molecular formula is C122H101BN2O2S2. The van der Waals surface area contributed by atoms with Crippen molar-refractivity contribution in [2.45, 2.75) is 131 Å². The monoisotopic (exact) mass is 1700 g/mol. The van der Waals surface area contributed by atoms with E-state index in [1.807, 2.05) is 22.7 Å². The number of rotatable bonds is 10. The number of fused-ring (bicyclic) bond motifs is 16. The number of thiophene rings is 2. The first-order valence-corrected chi connectivity index (χ1v) is 47.2. The van der Waals surface area contributed by atoms with Crippen molar-refractivity contribution in [3.05, 3.63) is 368 Å². The molecule has 23 rings (SSSR count). The zero-order valence-corrected chi connectivity index (χ0v) is 77.6. The fourth-order valence-corrected chi connectivity index (χ4v) is 23.0. The fraction of sp³-hybridized carbons (Fsp3) is 0.164. The average Bonchev–Trinajstić information content (AvgIpc) is 1.20. The Balaban J connectivity index is 0.936. The highest BCUT2D eigenvalue weighted by molar-refractivity contribution is 7.26. The van der Waals surface area contributed by atoms with Gasteiger partial charge in [-0.3, -0.25) is 0 Å². The van der Waals surface area contributed by atoms with Crippen LogP contribution in [0.1, 0.15) is 132 Å². The molecule has 4 aromatic heterocycles. The van der Waals surface area contributed by atoms with Crippen LogP contribution < -0.4 is 26.2 Å². The quantitative estimate of drug-likeness (QED) is 0.128. The molecule has 129 heavy (non-hydrogen) atoms. The van der Waals surface area contributed by atoms with Crippen molar-refractivity contribution in [1.82, 2.24) is 0 Å². The number of anilines is 6. The van der Waals surface area contributed by atoms with E-state index in [2.05, 4.69) is 453 Å². The third-order valence-corrected chi connectivity index (χ3v) is 29.9. The van der Waals surface area contributed by atoms with Crippen LogP contribution >= 0.6 is 22.7 Å². The Hall–Kier alpha value is -13.6. The Morgan fingerprint density at radius 2 is 0.558 bits per heavy atom. The predicted octanol–water partition coefficient (Wildman–Crippen LogP) is 34.1. The van der Waals surface area contributed by atoms with E-state index in [0.717, 1.165) is 150 Å². The Morgan fingerprint density at radius 3 is 1.01 bits per heavy atom. The van der Waals surface area contributed by atoms with E-state index in [1.165, 1.54) is 101 Å². The number of furan rings is 2. The van der Waals surface area contributed by atoms with Crippen LogP contribution in [0.4, 0.5) is 34.1 Å². The van der Waals surface area contributed by atoms with Crippen molar-refractivity contribution in [1.29, 1.82) is 0 Å². The SMILES string of the molecule is CC(C)(C)c1cc(-c2ccc3c(c2)N(c2c(-c4cccc5oc6ccccc6c45)cc(C(C)(C)C)cc2-c2cccc4sc5ccccc5c24)c2cc(C(C)(C)C)cc4c2B3c2cc(-c3cc(-c5ccccc5)cc(-c5ccccc5)c3)ccc2N4c2c(-c3cccc4oc5ccccc5c34)cc(C(C)(C)C)cc2-c2cccc3sc4ccccc4c23)cc(C(C)(C)C)c1. The van der Waals surface area contributed by atoms with Crippen molar-refractivity contribution in [2.24, 2.45) is 0 Å². The summed E-state index contributed by atoms with van der Waals surface area (Å²) in [6.07, 6.45) is 0. The highest BCUT2D eigenvalue weighted by Gasteiger charge is 2.47. The zero-order valence-electron chi connectivity index (χ0n) is 75.9. The lowest BCUT2D eigenvalue weighted by Gasteiger charge is -2.47. The molecule has 0 unspecified atom stereocenters. The van der Waals surface area contributed by atoms with Crippen LogP contribution in [0.3, 0.4) is 0 Å². The molecule has 0 N–H and O–H groups in total. The van der Waals surface area contributed by atoms with E-state index in [0.29, 0.717) is 0 Å². The van der Waals surface area contributed by atoms with Gasteiger partial charge in [-0.25, -0.2) is 0 Å². The Kier molecular flexibility index (Phi) is 18.3. The summed E-state index contributed by atoms with van der Waals surface area (Å²) < 4.78 is 19.2. The van der Waals surface area contributed by atoms with Gasteiger partial charge in [0.15, 0.2) is 0 Å². The van der Waals surface area contributed by atoms with E-state index >= 15 is 0 Å².